The Kier molecular flexibility index (Phi) is 5.24. The number of hydrogen-bond acceptors (Lipinski definition) is 3. The molecule has 4 aromatic rings. The zero-order chi connectivity index (χ0) is 19.3. The summed E-state index contributed by atoms with van der Waals surface area (Å²) in [6.07, 6.45) is 1.89. The van der Waals surface area contributed by atoms with Crippen LogP contribution in [0, 0.1) is 11.6 Å². The Hall–Kier alpha value is -3.34. The lowest BCUT2D eigenvalue weighted by Crippen LogP contribution is -2.07. The molecule has 1 aromatic heterocycles. The summed E-state index contributed by atoms with van der Waals surface area (Å²) in [4.78, 5) is 8.98. The number of hydrogen-bond donors (Lipinski definition) is 1. The first-order valence-corrected chi connectivity index (χ1v) is 9.21. The maximum Gasteiger partial charge on any atom is 0.165 e. The largest absolute Gasteiger partial charge is 0.369 e. The van der Waals surface area contributed by atoms with Gasteiger partial charge in [0.1, 0.15) is 17.5 Å². The number of aryl methyl sites for hydroxylation is 1. The number of para-hydroxylation sites is 1. The van der Waals surface area contributed by atoms with E-state index in [-0.39, 0.29) is 11.4 Å². The van der Waals surface area contributed by atoms with Crippen LogP contribution in [0.15, 0.2) is 72.8 Å². The lowest BCUT2D eigenvalue weighted by molar-refractivity contribution is 0.585. The van der Waals surface area contributed by atoms with Gasteiger partial charge in [-0.15, -0.1) is 0 Å². The lowest BCUT2D eigenvalue weighted by atomic mass is 10.1. The highest BCUT2D eigenvalue weighted by molar-refractivity contribution is 5.90. The molecule has 0 unspecified atom stereocenters. The van der Waals surface area contributed by atoms with Gasteiger partial charge in [0.15, 0.2) is 5.82 Å². The molecule has 0 spiro atoms. The van der Waals surface area contributed by atoms with Crippen molar-refractivity contribution in [2.45, 2.75) is 12.8 Å². The van der Waals surface area contributed by atoms with Crippen LogP contribution in [0.4, 0.5) is 14.6 Å². The van der Waals surface area contributed by atoms with E-state index in [0.717, 1.165) is 30.8 Å². The van der Waals surface area contributed by atoms with Crippen molar-refractivity contribution < 1.29 is 8.78 Å². The van der Waals surface area contributed by atoms with E-state index in [2.05, 4.69) is 27.4 Å². The van der Waals surface area contributed by atoms with Gasteiger partial charge in [0.25, 0.3) is 0 Å². The number of benzene rings is 3. The van der Waals surface area contributed by atoms with E-state index in [1.165, 1.54) is 17.7 Å². The highest BCUT2D eigenvalue weighted by Gasteiger charge is 2.13. The first-order valence-electron chi connectivity index (χ1n) is 9.21. The van der Waals surface area contributed by atoms with Crippen molar-refractivity contribution >= 4 is 16.7 Å². The number of nitrogens with zero attached hydrogens (tertiary/aromatic N) is 2. The molecule has 140 valence electrons. The molecule has 0 saturated heterocycles. The van der Waals surface area contributed by atoms with Crippen molar-refractivity contribution in [2.75, 3.05) is 11.9 Å². The quantitative estimate of drug-likeness (QED) is 0.445. The van der Waals surface area contributed by atoms with Gasteiger partial charge in [-0.3, -0.25) is 0 Å². The van der Waals surface area contributed by atoms with Gasteiger partial charge in [0, 0.05) is 18.0 Å². The molecule has 3 nitrogen and oxygen atoms in total. The van der Waals surface area contributed by atoms with Crippen molar-refractivity contribution in [3.63, 3.8) is 0 Å². The zero-order valence-electron chi connectivity index (χ0n) is 15.2. The molecule has 3 aromatic carbocycles. The monoisotopic (exact) mass is 375 g/mol. The third kappa shape index (κ3) is 3.98. The van der Waals surface area contributed by atoms with Gasteiger partial charge in [-0.25, -0.2) is 18.7 Å². The molecule has 4 rings (SSSR count). The molecular formula is C23H19F2N3. The maximum absolute atomic E-state index is 14.2. The first-order chi connectivity index (χ1) is 13.7. The van der Waals surface area contributed by atoms with Crippen LogP contribution in [0.1, 0.15) is 12.0 Å². The van der Waals surface area contributed by atoms with Gasteiger partial charge in [-0.05, 0) is 42.7 Å². The minimum atomic E-state index is -0.676. The van der Waals surface area contributed by atoms with Crippen LogP contribution in [0.5, 0.6) is 0 Å². The SMILES string of the molecule is Fc1ccc(-c2nc(NCCCc3ccccc3)c3ccccc3n2)c(F)c1. The van der Waals surface area contributed by atoms with Crippen molar-refractivity contribution in [1.82, 2.24) is 9.97 Å². The molecule has 0 fully saturated rings. The minimum Gasteiger partial charge on any atom is -0.369 e. The molecule has 28 heavy (non-hydrogen) atoms. The van der Waals surface area contributed by atoms with Crippen LogP contribution in [-0.4, -0.2) is 16.5 Å². The Bertz CT molecular complexity index is 1100. The van der Waals surface area contributed by atoms with Gasteiger partial charge in [0.05, 0.1) is 11.1 Å². The van der Waals surface area contributed by atoms with Crippen molar-refractivity contribution in [1.29, 1.82) is 0 Å². The fourth-order valence-corrected chi connectivity index (χ4v) is 3.15. The van der Waals surface area contributed by atoms with Crippen molar-refractivity contribution in [3.05, 3.63) is 90.0 Å². The van der Waals surface area contributed by atoms with Crippen LogP contribution >= 0.6 is 0 Å². The second-order valence-corrected chi connectivity index (χ2v) is 6.55. The standard InChI is InChI=1S/C23H19F2N3/c24-17-12-13-18(20(25)15-17)23-27-21-11-5-4-10-19(21)22(28-23)26-14-6-9-16-7-2-1-3-8-16/h1-5,7-8,10-13,15H,6,9,14H2,(H,26,27,28). The third-order valence-electron chi connectivity index (χ3n) is 4.55. The summed E-state index contributed by atoms with van der Waals surface area (Å²) in [5.41, 5.74) is 2.17. The third-order valence-corrected chi connectivity index (χ3v) is 4.55. The fraction of sp³-hybridized carbons (Fsp3) is 0.130. The van der Waals surface area contributed by atoms with Gasteiger partial charge in [-0.2, -0.15) is 0 Å². The van der Waals surface area contributed by atoms with E-state index in [1.807, 2.05) is 42.5 Å². The predicted octanol–water partition coefficient (Wildman–Crippen LogP) is 5.62. The number of anilines is 1. The number of fused-ring (bicyclic) bond motifs is 1. The van der Waals surface area contributed by atoms with Gasteiger partial charge >= 0.3 is 0 Å². The summed E-state index contributed by atoms with van der Waals surface area (Å²) in [5, 5.41) is 4.22. The van der Waals surface area contributed by atoms with Gasteiger partial charge in [0.2, 0.25) is 0 Å². The van der Waals surface area contributed by atoms with E-state index in [0.29, 0.717) is 11.3 Å². The number of rotatable bonds is 6. The second kappa shape index (κ2) is 8.13. The summed E-state index contributed by atoms with van der Waals surface area (Å²) in [5.74, 6) is -0.411. The highest BCUT2D eigenvalue weighted by Crippen LogP contribution is 2.26. The Balaban J connectivity index is 1.59. The number of halogens is 2. The van der Waals surface area contributed by atoms with Gasteiger partial charge in [-0.1, -0.05) is 42.5 Å². The molecule has 1 N–H and O–H groups in total. The summed E-state index contributed by atoms with van der Waals surface area (Å²) in [6, 6.07) is 21.3. The van der Waals surface area contributed by atoms with Crippen LogP contribution in [-0.2, 0) is 6.42 Å². The Morgan fingerprint density at radius 2 is 1.61 bits per heavy atom. The molecule has 0 saturated carbocycles. The van der Waals surface area contributed by atoms with Gasteiger partial charge < -0.3 is 5.32 Å². The number of aromatic nitrogens is 2. The molecule has 0 bridgehead atoms. The molecule has 0 aliphatic heterocycles. The highest BCUT2D eigenvalue weighted by atomic mass is 19.1. The van der Waals surface area contributed by atoms with Crippen molar-refractivity contribution in [2.24, 2.45) is 0 Å². The van der Waals surface area contributed by atoms with Crippen LogP contribution in [0.3, 0.4) is 0 Å². The summed E-state index contributed by atoms with van der Waals surface area (Å²) in [6.45, 7) is 0.723. The molecule has 5 heteroatoms. The molecular weight excluding hydrogens is 356 g/mol. The van der Waals surface area contributed by atoms with Crippen LogP contribution in [0.25, 0.3) is 22.3 Å². The zero-order valence-corrected chi connectivity index (χ0v) is 15.2. The number of nitrogens with one attached hydrogen (secondary N) is 1. The van der Waals surface area contributed by atoms with E-state index < -0.39 is 11.6 Å². The Labute approximate surface area is 162 Å². The van der Waals surface area contributed by atoms with Crippen LogP contribution in [0.2, 0.25) is 0 Å². The maximum atomic E-state index is 14.2. The predicted molar refractivity (Wildman–Crippen MR) is 108 cm³/mol. The topological polar surface area (TPSA) is 37.8 Å². The molecule has 0 radical (unpaired) electrons. The average molecular weight is 375 g/mol. The van der Waals surface area contributed by atoms with E-state index in [1.54, 1.807) is 0 Å². The van der Waals surface area contributed by atoms with Crippen molar-refractivity contribution in [3.8, 4) is 11.4 Å². The minimum absolute atomic E-state index is 0.180. The lowest BCUT2D eigenvalue weighted by Gasteiger charge is -2.11. The van der Waals surface area contributed by atoms with E-state index >= 15 is 0 Å². The first kappa shape index (κ1) is 18.0. The molecule has 0 aliphatic carbocycles. The summed E-state index contributed by atoms with van der Waals surface area (Å²) >= 11 is 0. The average Bonchev–Trinajstić information content (AvgIpc) is 2.72. The van der Waals surface area contributed by atoms with E-state index in [9.17, 15) is 8.78 Å². The Morgan fingerprint density at radius 3 is 2.43 bits per heavy atom. The summed E-state index contributed by atoms with van der Waals surface area (Å²) < 4.78 is 27.5. The fourth-order valence-electron chi connectivity index (χ4n) is 3.15. The Morgan fingerprint density at radius 1 is 0.821 bits per heavy atom. The smallest absolute Gasteiger partial charge is 0.165 e. The van der Waals surface area contributed by atoms with E-state index in [4.69, 9.17) is 0 Å². The summed E-state index contributed by atoms with van der Waals surface area (Å²) in [7, 11) is 0. The van der Waals surface area contributed by atoms with Crippen LogP contribution < -0.4 is 5.32 Å². The normalized spacial score (nSPS) is 10.9. The molecule has 0 aliphatic rings. The molecule has 1 heterocycles. The molecule has 0 atom stereocenters. The molecule has 0 amide bonds. The second-order valence-electron chi connectivity index (χ2n) is 6.55.